The molecule has 1 fully saturated rings. The molecule has 0 radical (unpaired) electrons. The molecule has 1 aliphatic rings. The Bertz CT molecular complexity index is 316. The fourth-order valence-corrected chi connectivity index (χ4v) is 3.45. The number of hydrogen-bond acceptors (Lipinski definition) is 3. The Balaban J connectivity index is 0.00000529. The number of likely N-dealkylation sites (tertiary alicyclic amines) is 1. The minimum atomic E-state index is 0. The Morgan fingerprint density at radius 3 is 2.33 bits per heavy atom. The van der Waals surface area contributed by atoms with Crippen LogP contribution in [-0.2, 0) is 4.74 Å². The number of guanidine groups is 1. The van der Waals surface area contributed by atoms with Crippen LogP contribution in [0.3, 0.4) is 0 Å². The van der Waals surface area contributed by atoms with Crippen LogP contribution in [0.15, 0.2) is 4.99 Å². The van der Waals surface area contributed by atoms with Crippen LogP contribution < -0.4 is 10.6 Å². The molecule has 1 aliphatic heterocycles. The normalized spacial score (nSPS) is 17.0. The predicted molar refractivity (Wildman–Crippen MR) is 115 cm³/mol. The van der Waals surface area contributed by atoms with E-state index in [4.69, 9.17) is 4.74 Å². The highest BCUT2D eigenvalue weighted by Gasteiger charge is 2.27. The lowest BCUT2D eigenvalue weighted by molar-refractivity contribution is 0.145. The summed E-state index contributed by atoms with van der Waals surface area (Å²) in [6, 6.07) is 0.620. The summed E-state index contributed by atoms with van der Waals surface area (Å²) in [7, 11) is 1.85. The highest BCUT2D eigenvalue weighted by atomic mass is 127. The van der Waals surface area contributed by atoms with Gasteiger partial charge in [-0.3, -0.25) is 9.89 Å². The van der Waals surface area contributed by atoms with Gasteiger partial charge in [0.1, 0.15) is 0 Å². The SMILES string of the molecule is CCOCCCNC(=NC)NCC(C(CC)CC)N1CCCC1.I. The lowest BCUT2D eigenvalue weighted by atomic mass is 9.93. The van der Waals surface area contributed by atoms with Crippen LogP contribution in [0.4, 0.5) is 0 Å². The maximum absolute atomic E-state index is 5.37. The zero-order chi connectivity index (χ0) is 16.9. The van der Waals surface area contributed by atoms with E-state index in [0.717, 1.165) is 44.6 Å². The first-order valence-corrected chi connectivity index (χ1v) is 9.53. The Labute approximate surface area is 166 Å². The lowest BCUT2D eigenvalue weighted by Crippen LogP contribution is -2.49. The molecule has 2 N–H and O–H groups in total. The van der Waals surface area contributed by atoms with Crippen molar-refractivity contribution in [2.45, 2.75) is 58.9 Å². The first kappa shape index (κ1) is 23.9. The van der Waals surface area contributed by atoms with Crippen molar-refractivity contribution in [3.63, 3.8) is 0 Å². The fraction of sp³-hybridized carbons (Fsp3) is 0.944. The van der Waals surface area contributed by atoms with Crippen LogP contribution in [0.2, 0.25) is 0 Å². The van der Waals surface area contributed by atoms with Crippen LogP contribution in [0.5, 0.6) is 0 Å². The minimum Gasteiger partial charge on any atom is -0.382 e. The van der Waals surface area contributed by atoms with E-state index in [9.17, 15) is 0 Å². The van der Waals surface area contributed by atoms with Crippen molar-refractivity contribution < 1.29 is 4.74 Å². The molecule has 0 aromatic rings. The van der Waals surface area contributed by atoms with Gasteiger partial charge in [0.05, 0.1) is 0 Å². The Kier molecular flexibility index (Phi) is 15.1. The molecule has 1 heterocycles. The molecule has 144 valence electrons. The van der Waals surface area contributed by atoms with Crippen molar-refractivity contribution in [2.24, 2.45) is 10.9 Å². The molecule has 1 atom stereocenters. The molecule has 0 aliphatic carbocycles. The van der Waals surface area contributed by atoms with Gasteiger partial charge in [-0.15, -0.1) is 24.0 Å². The van der Waals surface area contributed by atoms with Crippen molar-refractivity contribution in [1.29, 1.82) is 0 Å². The van der Waals surface area contributed by atoms with Crippen molar-refractivity contribution in [3.8, 4) is 0 Å². The first-order valence-electron chi connectivity index (χ1n) is 9.53. The van der Waals surface area contributed by atoms with E-state index in [0.29, 0.717) is 6.04 Å². The summed E-state index contributed by atoms with van der Waals surface area (Å²) in [5.41, 5.74) is 0. The Hall–Kier alpha value is -0.0800. The van der Waals surface area contributed by atoms with Gasteiger partial charge >= 0.3 is 0 Å². The summed E-state index contributed by atoms with van der Waals surface area (Å²) in [6.45, 7) is 12.7. The van der Waals surface area contributed by atoms with Gasteiger partial charge in [-0.1, -0.05) is 26.7 Å². The third kappa shape index (κ3) is 8.85. The maximum atomic E-state index is 5.37. The fourth-order valence-electron chi connectivity index (χ4n) is 3.45. The number of ether oxygens (including phenoxy) is 1. The van der Waals surface area contributed by atoms with E-state index in [1.54, 1.807) is 0 Å². The molecule has 24 heavy (non-hydrogen) atoms. The molecule has 0 aromatic heterocycles. The molecular formula is C18H39IN4O. The van der Waals surface area contributed by atoms with Gasteiger partial charge < -0.3 is 15.4 Å². The second-order valence-corrected chi connectivity index (χ2v) is 6.32. The van der Waals surface area contributed by atoms with E-state index in [-0.39, 0.29) is 24.0 Å². The largest absolute Gasteiger partial charge is 0.382 e. The molecule has 1 unspecified atom stereocenters. The highest BCUT2D eigenvalue weighted by Crippen LogP contribution is 2.22. The summed E-state index contributed by atoms with van der Waals surface area (Å²) >= 11 is 0. The summed E-state index contributed by atoms with van der Waals surface area (Å²) in [4.78, 5) is 7.02. The van der Waals surface area contributed by atoms with Gasteiger partial charge in [0, 0.05) is 39.4 Å². The third-order valence-electron chi connectivity index (χ3n) is 4.87. The monoisotopic (exact) mass is 454 g/mol. The van der Waals surface area contributed by atoms with Gasteiger partial charge in [0.25, 0.3) is 0 Å². The first-order chi connectivity index (χ1) is 11.3. The number of nitrogens with zero attached hydrogens (tertiary/aromatic N) is 2. The summed E-state index contributed by atoms with van der Waals surface area (Å²) in [5.74, 6) is 1.67. The molecule has 5 nitrogen and oxygen atoms in total. The predicted octanol–water partition coefficient (Wildman–Crippen LogP) is 3.10. The van der Waals surface area contributed by atoms with Crippen LogP contribution in [0, 0.1) is 5.92 Å². The van der Waals surface area contributed by atoms with E-state index in [1.165, 1.54) is 38.8 Å². The van der Waals surface area contributed by atoms with Crippen molar-refractivity contribution in [2.75, 3.05) is 46.4 Å². The maximum Gasteiger partial charge on any atom is 0.191 e. The molecular weight excluding hydrogens is 415 g/mol. The minimum absolute atomic E-state index is 0. The number of halogens is 1. The Morgan fingerprint density at radius 2 is 1.79 bits per heavy atom. The molecule has 6 heteroatoms. The van der Waals surface area contributed by atoms with Gasteiger partial charge in [-0.2, -0.15) is 0 Å². The number of aliphatic imine (C=N–C) groups is 1. The second-order valence-electron chi connectivity index (χ2n) is 6.32. The Morgan fingerprint density at radius 1 is 1.12 bits per heavy atom. The highest BCUT2D eigenvalue weighted by molar-refractivity contribution is 14.0. The quantitative estimate of drug-likeness (QED) is 0.218. The van der Waals surface area contributed by atoms with Crippen LogP contribution in [-0.4, -0.2) is 63.3 Å². The van der Waals surface area contributed by atoms with E-state index < -0.39 is 0 Å². The molecule has 0 aromatic carbocycles. The van der Waals surface area contributed by atoms with Crippen molar-refractivity contribution in [3.05, 3.63) is 0 Å². The molecule has 0 spiro atoms. The van der Waals surface area contributed by atoms with E-state index in [2.05, 4.69) is 34.4 Å². The average molecular weight is 454 g/mol. The van der Waals surface area contributed by atoms with Gasteiger partial charge in [-0.05, 0) is 45.2 Å². The average Bonchev–Trinajstić information content (AvgIpc) is 3.10. The molecule has 0 saturated carbocycles. The standard InChI is InChI=1S/C18H38N4O.HI/c1-5-16(6-2)17(22-12-8-9-13-22)15-21-18(19-4)20-11-10-14-23-7-3;/h16-17H,5-15H2,1-4H3,(H2,19,20,21);1H. The van der Waals surface area contributed by atoms with Gasteiger partial charge in [0.15, 0.2) is 5.96 Å². The summed E-state index contributed by atoms with van der Waals surface area (Å²) in [5, 5.41) is 6.93. The zero-order valence-corrected chi connectivity index (χ0v) is 18.5. The van der Waals surface area contributed by atoms with Gasteiger partial charge in [-0.25, -0.2) is 0 Å². The molecule has 1 rings (SSSR count). The molecule has 0 amide bonds. The number of hydrogen-bond donors (Lipinski definition) is 2. The van der Waals surface area contributed by atoms with Crippen molar-refractivity contribution in [1.82, 2.24) is 15.5 Å². The molecule has 0 bridgehead atoms. The summed E-state index contributed by atoms with van der Waals surface area (Å²) in [6.07, 6.45) is 6.21. The number of nitrogens with one attached hydrogen (secondary N) is 2. The topological polar surface area (TPSA) is 48.9 Å². The third-order valence-corrected chi connectivity index (χ3v) is 4.87. The van der Waals surface area contributed by atoms with Crippen LogP contribution in [0.25, 0.3) is 0 Å². The molecule has 1 saturated heterocycles. The zero-order valence-electron chi connectivity index (χ0n) is 16.1. The van der Waals surface area contributed by atoms with Gasteiger partial charge in [0.2, 0.25) is 0 Å². The van der Waals surface area contributed by atoms with Crippen LogP contribution >= 0.6 is 24.0 Å². The lowest BCUT2D eigenvalue weighted by Gasteiger charge is -2.34. The number of rotatable bonds is 11. The van der Waals surface area contributed by atoms with E-state index >= 15 is 0 Å². The van der Waals surface area contributed by atoms with Crippen LogP contribution in [0.1, 0.15) is 52.9 Å². The van der Waals surface area contributed by atoms with Crippen molar-refractivity contribution >= 4 is 29.9 Å². The van der Waals surface area contributed by atoms with E-state index in [1.807, 2.05) is 14.0 Å². The second kappa shape index (κ2) is 15.2. The summed E-state index contributed by atoms with van der Waals surface area (Å²) < 4.78 is 5.37. The smallest absolute Gasteiger partial charge is 0.191 e.